The van der Waals surface area contributed by atoms with E-state index in [1.165, 1.54) is 32.1 Å². The normalized spacial score (nSPS) is 14.5. The molecule has 1 unspecified atom stereocenters. The molecule has 2 N–H and O–H groups in total. The van der Waals surface area contributed by atoms with E-state index >= 15 is 0 Å². The van der Waals surface area contributed by atoms with Gasteiger partial charge in [-0.3, -0.25) is 19.7 Å². The first-order valence-electron chi connectivity index (χ1n) is 14.9. The smallest absolute Gasteiger partial charge is 0.308 e. The fourth-order valence-electron chi connectivity index (χ4n) is 4.64. The molecule has 10 heteroatoms. The van der Waals surface area contributed by atoms with Gasteiger partial charge in [-0.25, -0.2) is 0 Å². The number of unbranched alkanes of at least 4 members (excludes halogenated alkanes) is 7. The van der Waals surface area contributed by atoms with Crippen LogP contribution in [-0.2, 0) is 14.3 Å². The first kappa shape index (κ1) is 32.8. The summed E-state index contributed by atoms with van der Waals surface area (Å²) in [7, 11) is 0. The number of piperazine rings is 1. The number of para-hydroxylation sites is 2. The Bertz CT molecular complexity index is 1150. The van der Waals surface area contributed by atoms with Gasteiger partial charge in [0.25, 0.3) is 5.91 Å². The second-order valence-corrected chi connectivity index (χ2v) is 10.6. The van der Waals surface area contributed by atoms with Gasteiger partial charge in [-0.05, 0) is 42.9 Å². The fraction of sp³-hybridized carbons (Fsp3) is 0.500. The van der Waals surface area contributed by atoms with Crippen LogP contribution in [0.25, 0.3) is 0 Å². The number of ether oxygens (including phenoxy) is 3. The molecular formula is C32H43N3O6S. The molecule has 1 aliphatic rings. The van der Waals surface area contributed by atoms with E-state index in [1.807, 2.05) is 30.3 Å². The third kappa shape index (κ3) is 11.3. The van der Waals surface area contributed by atoms with Crippen molar-refractivity contribution in [3.63, 3.8) is 0 Å². The van der Waals surface area contributed by atoms with Gasteiger partial charge in [0.1, 0.15) is 30.8 Å². The molecule has 0 aliphatic carbocycles. The highest BCUT2D eigenvalue weighted by atomic mass is 32.1. The van der Waals surface area contributed by atoms with Crippen molar-refractivity contribution in [2.75, 3.05) is 32.9 Å². The summed E-state index contributed by atoms with van der Waals surface area (Å²) in [6, 6.07) is 15.4. The van der Waals surface area contributed by atoms with Crippen molar-refractivity contribution in [3.8, 4) is 11.5 Å². The van der Waals surface area contributed by atoms with Gasteiger partial charge in [0.2, 0.25) is 5.91 Å². The maximum atomic E-state index is 13.2. The molecule has 1 saturated heterocycles. The highest BCUT2D eigenvalue weighted by Gasteiger charge is 2.34. The number of nitrogens with one attached hydrogen (secondary N) is 2. The molecule has 0 spiro atoms. The quantitative estimate of drug-likeness (QED) is 0.149. The Morgan fingerprint density at radius 1 is 0.905 bits per heavy atom. The topological polar surface area (TPSA) is 106 Å². The van der Waals surface area contributed by atoms with Crippen LogP contribution in [0.2, 0.25) is 0 Å². The minimum Gasteiger partial charge on any atom is -0.490 e. The number of carbonyl (C=O) groups is 3. The molecule has 1 heterocycles. The van der Waals surface area contributed by atoms with Gasteiger partial charge in [0.05, 0.1) is 18.6 Å². The van der Waals surface area contributed by atoms with Crippen LogP contribution in [0.1, 0.15) is 75.1 Å². The predicted molar refractivity (Wildman–Crippen MR) is 166 cm³/mol. The first-order chi connectivity index (χ1) is 20.5. The number of benzene rings is 2. The van der Waals surface area contributed by atoms with Crippen LogP contribution in [0, 0.1) is 0 Å². The van der Waals surface area contributed by atoms with E-state index in [9.17, 15) is 14.4 Å². The maximum Gasteiger partial charge on any atom is 0.308 e. The maximum absolute atomic E-state index is 13.2. The van der Waals surface area contributed by atoms with Gasteiger partial charge >= 0.3 is 5.97 Å². The minimum absolute atomic E-state index is 0.0675. The Morgan fingerprint density at radius 2 is 1.57 bits per heavy atom. The summed E-state index contributed by atoms with van der Waals surface area (Å²) in [5, 5.41) is 5.54. The number of rotatable bonds is 17. The van der Waals surface area contributed by atoms with E-state index in [-0.39, 0.29) is 24.0 Å². The summed E-state index contributed by atoms with van der Waals surface area (Å²) in [5.41, 5.74) is 0.294. The zero-order valence-electron chi connectivity index (χ0n) is 24.5. The highest BCUT2D eigenvalue weighted by Crippen LogP contribution is 2.19. The summed E-state index contributed by atoms with van der Waals surface area (Å²) in [6.07, 6.45) is 9.03. The van der Waals surface area contributed by atoms with Gasteiger partial charge in [-0.1, -0.05) is 82.2 Å². The van der Waals surface area contributed by atoms with Crippen LogP contribution >= 0.6 is 12.2 Å². The average molecular weight is 598 g/mol. The molecule has 2 aromatic rings. The third-order valence-electron chi connectivity index (χ3n) is 6.92. The van der Waals surface area contributed by atoms with E-state index in [0.29, 0.717) is 37.6 Å². The van der Waals surface area contributed by atoms with Crippen LogP contribution < -0.4 is 20.1 Å². The minimum atomic E-state index is -0.862. The van der Waals surface area contributed by atoms with Crippen LogP contribution in [0.15, 0.2) is 54.6 Å². The summed E-state index contributed by atoms with van der Waals surface area (Å²) in [4.78, 5) is 39.9. The van der Waals surface area contributed by atoms with Crippen molar-refractivity contribution in [2.24, 2.45) is 0 Å². The summed E-state index contributed by atoms with van der Waals surface area (Å²) >= 11 is 5.51. The largest absolute Gasteiger partial charge is 0.490 e. The summed E-state index contributed by atoms with van der Waals surface area (Å²) in [6.45, 7) is 3.78. The van der Waals surface area contributed by atoms with Crippen LogP contribution in [-0.4, -0.2) is 66.7 Å². The van der Waals surface area contributed by atoms with E-state index in [4.69, 9.17) is 26.4 Å². The molecule has 3 rings (SSSR count). The lowest BCUT2D eigenvalue weighted by Crippen LogP contribution is -2.60. The number of nitrogens with zero attached hydrogens (tertiary/aromatic N) is 1. The number of amides is 2. The van der Waals surface area contributed by atoms with Gasteiger partial charge in [-0.2, -0.15) is 0 Å². The lowest BCUT2D eigenvalue weighted by atomic mass is 10.1. The third-order valence-corrected chi connectivity index (χ3v) is 7.25. The predicted octanol–water partition coefficient (Wildman–Crippen LogP) is 5.03. The summed E-state index contributed by atoms with van der Waals surface area (Å²) in [5.74, 6) is -0.150. The van der Waals surface area contributed by atoms with E-state index < -0.39 is 17.9 Å². The molecule has 2 amide bonds. The van der Waals surface area contributed by atoms with Gasteiger partial charge < -0.3 is 24.4 Å². The van der Waals surface area contributed by atoms with Crippen LogP contribution in [0.5, 0.6) is 11.5 Å². The van der Waals surface area contributed by atoms with Gasteiger partial charge in [0, 0.05) is 13.1 Å². The molecular weight excluding hydrogens is 554 g/mol. The highest BCUT2D eigenvalue weighted by molar-refractivity contribution is 7.80. The van der Waals surface area contributed by atoms with Crippen LogP contribution in [0.4, 0.5) is 0 Å². The fourth-order valence-corrected chi connectivity index (χ4v) is 4.95. The van der Waals surface area contributed by atoms with E-state index in [0.717, 1.165) is 25.0 Å². The monoisotopic (exact) mass is 597 g/mol. The number of hydrogen-bond donors (Lipinski definition) is 2. The van der Waals surface area contributed by atoms with Crippen LogP contribution in [0.3, 0.4) is 0 Å². The first-order valence-corrected chi connectivity index (χ1v) is 15.4. The summed E-state index contributed by atoms with van der Waals surface area (Å²) < 4.78 is 16.9. The second kappa shape index (κ2) is 18.7. The number of hydrogen-bond acceptors (Lipinski definition) is 7. The van der Waals surface area contributed by atoms with Crippen molar-refractivity contribution in [1.29, 1.82) is 0 Å². The molecule has 9 nitrogen and oxygen atoms in total. The van der Waals surface area contributed by atoms with Gasteiger partial charge in [0.15, 0.2) is 5.11 Å². The van der Waals surface area contributed by atoms with Crippen molar-refractivity contribution in [1.82, 2.24) is 15.5 Å². The molecule has 0 saturated carbocycles. The molecule has 42 heavy (non-hydrogen) atoms. The van der Waals surface area contributed by atoms with E-state index in [2.05, 4.69) is 17.6 Å². The van der Waals surface area contributed by atoms with Crippen molar-refractivity contribution in [2.45, 2.75) is 70.8 Å². The molecule has 0 bridgehead atoms. The zero-order valence-corrected chi connectivity index (χ0v) is 25.3. The molecule has 1 fully saturated rings. The Hall–Kier alpha value is -3.66. The number of thiocarbonyl (C=S) groups is 1. The molecule has 228 valence electrons. The molecule has 0 aromatic heterocycles. The number of carbonyl (C=O) groups excluding carboxylic acids is 3. The molecule has 0 radical (unpaired) electrons. The number of esters is 1. The van der Waals surface area contributed by atoms with Gasteiger partial charge in [-0.15, -0.1) is 0 Å². The Labute approximate surface area is 254 Å². The van der Waals surface area contributed by atoms with Crippen molar-refractivity contribution >= 4 is 35.1 Å². The second-order valence-electron chi connectivity index (χ2n) is 10.2. The molecule has 1 atom stereocenters. The average Bonchev–Trinajstić information content (AvgIpc) is 3.00. The lowest BCUT2D eigenvalue weighted by molar-refractivity contribution is -0.147. The molecule has 1 aliphatic heterocycles. The Morgan fingerprint density at radius 3 is 2.33 bits per heavy atom. The lowest BCUT2D eigenvalue weighted by Gasteiger charge is -2.36. The Balaban J connectivity index is 1.46. The van der Waals surface area contributed by atoms with E-state index in [1.54, 1.807) is 29.2 Å². The van der Waals surface area contributed by atoms with Crippen molar-refractivity contribution in [3.05, 3.63) is 60.2 Å². The Kier molecular flexibility index (Phi) is 14.6. The molecule has 2 aromatic carbocycles. The zero-order chi connectivity index (χ0) is 30.0. The van der Waals surface area contributed by atoms with Crippen molar-refractivity contribution < 1.29 is 28.6 Å². The SMILES string of the molecule is CCCCCCCCCCOC(=O)CC1C(=O)NCCN1C(=S)NC(=O)c1ccccc1OCCOc1ccccc1. The standard InChI is InChI=1S/C32H43N3O6S/c1-2-3-4-5-6-7-8-14-21-41-29(36)24-27-31(38)33-19-20-35(27)32(42)34-30(37)26-17-12-13-18-28(26)40-23-22-39-25-15-10-9-11-16-25/h9-13,15-18,27H,2-8,14,19-24H2,1H3,(H,33,38)(H,34,37,42).